The number of guanidine groups is 1. The number of rotatable bonds is 8. The molecule has 1 heterocycles. The maximum absolute atomic E-state index is 12.4. The van der Waals surface area contributed by atoms with Crippen LogP contribution in [0.5, 0.6) is 11.5 Å². The van der Waals surface area contributed by atoms with E-state index in [1.165, 1.54) is 5.56 Å². The van der Waals surface area contributed by atoms with Crippen LogP contribution in [0, 0.1) is 0 Å². The van der Waals surface area contributed by atoms with Gasteiger partial charge in [-0.2, -0.15) is 0 Å². The Labute approximate surface area is 168 Å². The Morgan fingerprint density at radius 3 is 2.64 bits per heavy atom. The summed E-state index contributed by atoms with van der Waals surface area (Å²) < 4.78 is 11.4. The first-order valence-electron chi connectivity index (χ1n) is 10.1. The fourth-order valence-corrected chi connectivity index (χ4v) is 3.38. The molecule has 0 aromatic heterocycles. The van der Waals surface area contributed by atoms with Crippen molar-refractivity contribution in [1.29, 1.82) is 0 Å². The third-order valence-electron chi connectivity index (χ3n) is 4.88. The van der Waals surface area contributed by atoms with Crippen molar-refractivity contribution in [2.45, 2.75) is 46.8 Å². The van der Waals surface area contributed by atoms with E-state index in [9.17, 15) is 4.79 Å². The maximum Gasteiger partial charge on any atom is 0.242 e. The second kappa shape index (κ2) is 10.2. The van der Waals surface area contributed by atoms with Gasteiger partial charge in [-0.3, -0.25) is 4.79 Å². The van der Waals surface area contributed by atoms with E-state index in [0.717, 1.165) is 30.0 Å². The lowest BCUT2D eigenvalue weighted by molar-refractivity contribution is -0.131. The van der Waals surface area contributed by atoms with E-state index in [2.05, 4.69) is 12.2 Å². The number of nitrogens with one attached hydrogen (secondary N) is 1. The van der Waals surface area contributed by atoms with Crippen LogP contribution >= 0.6 is 0 Å². The highest BCUT2D eigenvalue weighted by molar-refractivity contribution is 5.86. The number of benzene rings is 1. The van der Waals surface area contributed by atoms with Gasteiger partial charge in [0, 0.05) is 44.2 Å². The number of carbonyl (C=O) groups is 1. The number of amides is 1. The zero-order valence-electron chi connectivity index (χ0n) is 18.0. The number of hydrogen-bond acceptors (Lipinski definition) is 4. The number of fused-ring (bicyclic) bond motifs is 1. The summed E-state index contributed by atoms with van der Waals surface area (Å²) >= 11 is 0. The summed E-state index contributed by atoms with van der Waals surface area (Å²) in [4.78, 5) is 20.8. The Morgan fingerprint density at radius 1 is 1.32 bits per heavy atom. The van der Waals surface area contributed by atoms with E-state index in [1.54, 1.807) is 7.11 Å². The van der Waals surface area contributed by atoms with Gasteiger partial charge in [0.1, 0.15) is 17.6 Å². The third-order valence-corrected chi connectivity index (χ3v) is 4.88. The average Bonchev–Trinajstić information content (AvgIpc) is 3.03. The molecule has 1 amide bonds. The second-order valence-electron chi connectivity index (χ2n) is 7.00. The summed E-state index contributed by atoms with van der Waals surface area (Å²) in [7, 11) is 3.56. The van der Waals surface area contributed by atoms with Crippen LogP contribution in [0.25, 0.3) is 0 Å². The quantitative estimate of drug-likeness (QED) is 0.545. The summed E-state index contributed by atoms with van der Waals surface area (Å²) in [5.41, 5.74) is 2.14. The van der Waals surface area contributed by atoms with Crippen LogP contribution < -0.4 is 14.8 Å². The summed E-state index contributed by atoms with van der Waals surface area (Å²) in [5.74, 6) is 2.52. The molecule has 1 atom stereocenters. The Kier molecular flexibility index (Phi) is 7.96. The Morgan fingerprint density at radius 2 is 2.04 bits per heavy atom. The predicted molar refractivity (Wildman–Crippen MR) is 112 cm³/mol. The zero-order chi connectivity index (χ0) is 20.7. The van der Waals surface area contributed by atoms with Gasteiger partial charge in [-0.05, 0) is 39.8 Å². The highest BCUT2D eigenvalue weighted by Crippen LogP contribution is 2.35. The number of aliphatic imine (C=N–C) groups is 1. The summed E-state index contributed by atoms with van der Waals surface area (Å²) in [6, 6.07) is 4.07. The summed E-state index contributed by atoms with van der Waals surface area (Å²) in [5, 5.41) is 3.26. The number of hydrogen-bond donors (Lipinski definition) is 1. The molecule has 1 aromatic rings. The van der Waals surface area contributed by atoms with Crippen molar-refractivity contribution in [2.75, 3.05) is 40.3 Å². The van der Waals surface area contributed by atoms with Crippen molar-refractivity contribution in [1.82, 2.24) is 15.1 Å². The second-order valence-corrected chi connectivity index (χ2v) is 7.00. The monoisotopic (exact) mass is 390 g/mol. The molecule has 2 rings (SSSR count). The summed E-state index contributed by atoms with van der Waals surface area (Å²) in [6.07, 6.45) is 1.08. The van der Waals surface area contributed by atoms with Crippen LogP contribution in [0.3, 0.4) is 0 Å². The molecule has 7 nitrogen and oxygen atoms in total. The topological polar surface area (TPSA) is 66.4 Å². The minimum Gasteiger partial charge on any atom is -0.496 e. The van der Waals surface area contributed by atoms with E-state index >= 15 is 0 Å². The van der Waals surface area contributed by atoms with Gasteiger partial charge in [-0.1, -0.05) is 0 Å². The van der Waals surface area contributed by atoms with Gasteiger partial charge in [0.2, 0.25) is 5.91 Å². The average molecular weight is 391 g/mol. The predicted octanol–water partition coefficient (Wildman–Crippen LogP) is 2.28. The number of likely N-dealkylation sites (N-methyl/N-ethyl adjacent to an activating group) is 2. The lowest BCUT2D eigenvalue weighted by Crippen LogP contribution is -2.45. The van der Waals surface area contributed by atoms with Crippen LogP contribution in [0.1, 0.15) is 38.8 Å². The first-order chi connectivity index (χ1) is 13.4. The molecule has 0 bridgehead atoms. The normalized spacial score (nSPS) is 15.6. The van der Waals surface area contributed by atoms with Gasteiger partial charge in [0.05, 0.1) is 20.2 Å². The Hall–Kier alpha value is -2.44. The molecular formula is C21H34N4O3. The van der Waals surface area contributed by atoms with Gasteiger partial charge in [-0.15, -0.1) is 0 Å². The Balaban J connectivity index is 2.16. The highest BCUT2D eigenvalue weighted by atomic mass is 16.5. The van der Waals surface area contributed by atoms with Crippen molar-refractivity contribution in [3.63, 3.8) is 0 Å². The largest absolute Gasteiger partial charge is 0.496 e. The molecule has 1 aliphatic heterocycles. The lowest BCUT2D eigenvalue weighted by atomic mass is 10.1. The van der Waals surface area contributed by atoms with E-state index in [-0.39, 0.29) is 18.6 Å². The fraction of sp³-hybridized carbons (Fsp3) is 0.619. The SMILES string of the molecule is CCNC(=NCc1cc2c(cc1OC)CC(C)O2)N(C)CC(=O)N(CC)CC. The van der Waals surface area contributed by atoms with Crippen molar-refractivity contribution >= 4 is 11.9 Å². The van der Waals surface area contributed by atoms with E-state index in [4.69, 9.17) is 14.5 Å². The maximum atomic E-state index is 12.4. The lowest BCUT2D eigenvalue weighted by Gasteiger charge is -2.25. The Bertz CT molecular complexity index is 701. The molecular weight excluding hydrogens is 356 g/mol. The highest BCUT2D eigenvalue weighted by Gasteiger charge is 2.22. The number of nitrogens with zero attached hydrogens (tertiary/aromatic N) is 3. The summed E-state index contributed by atoms with van der Waals surface area (Å²) in [6.45, 7) is 10.9. The molecule has 1 N–H and O–H groups in total. The van der Waals surface area contributed by atoms with E-state index in [0.29, 0.717) is 25.6 Å². The van der Waals surface area contributed by atoms with Gasteiger partial charge in [0.15, 0.2) is 5.96 Å². The first-order valence-corrected chi connectivity index (χ1v) is 10.1. The van der Waals surface area contributed by atoms with E-state index < -0.39 is 0 Å². The molecule has 1 aromatic carbocycles. The zero-order valence-corrected chi connectivity index (χ0v) is 18.0. The molecule has 0 saturated heterocycles. The van der Waals surface area contributed by atoms with Gasteiger partial charge in [0.25, 0.3) is 0 Å². The molecule has 0 aliphatic carbocycles. The van der Waals surface area contributed by atoms with Crippen LogP contribution in [0.15, 0.2) is 17.1 Å². The smallest absolute Gasteiger partial charge is 0.242 e. The van der Waals surface area contributed by atoms with Crippen LogP contribution in [0.4, 0.5) is 0 Å². The van der Waals surface area contributed by atoms with Crippen molar-refractivity contribution in [3.05, 3.63) is 23.3 Å². The molecule has 28 heavy (non-hydrogen) atoms. The number of ether oxygens (including phenoxy) is 2. The van der Waals surface area contributed by atoms with Gasteiger partial charge >= 0.3 is 0 Å². The molecule has 1 unspecified atom stereocenters. The minimum atomic E-state index is 0.0931. The molecule has 0 spiro atoms. The van der Waals surface area contributed by atoms with Crippen LogP contribution in [0.2, 0.25) is 0 Å². The van der Waals surface area contributed by atoms with Crippen molar-refractivity contribution < 1.29 is 14.3 Å². The fourth-order valence-electron chi connectivity index (χ4n) is 3.38. The van der Waals surface area contributed by atoms with Crippen molar-refractivity contribution in [3.8, 4) is 11.5 Å². The van der Waals surface area contributed by atoms with E-state index in [1.807, 2.05) is 49.8 Å². The molecule has 1 aliphatic rings. The first kappa shape index (κ1) is 21.9. The third kappa shape index (κ3) is 5.30. The number of carbonyl (C=O) groups excluding carboxylic acids is 1. The molecule has 0 radical (unpaired) electrons. The molecule has 7 heteroatoms. The van der Waals surface area contributed by atoms with Gasteiger partial charge < -0.3 is 24.6 Å². The molecule has 156 valence electrons. The van der Waals surface area contributed by atoms with Gasteiger partial charge in [-0.25, -0.2) is 4.99 Å². The van der Waals surface area contributed by atoms with Crippen LogP contribution in [-0.2, 0) is 17.8 Å². The van der Waals surface area contributed by atoms with Crippen molar-refractivity contribution in [2.24, 2.45) is 4.99 Å². The minimum absolute atomic E-state index is 0.0931. The standard InChI is InChI=1S/C21H34N4O3/c1-7-22-21(24(5)14-20(26)25(8-2)9-3)23-13-17-12-19-16(10-15(4)28-19)11-18(17)27-6/h11-12,15H,7-10,13-14H2,1-6H3,(H,22,23). The van der Waals surface area contributed by atoms with Crippen LogP contribution in [-0.4, -0.2) is 68.1 Å². The number of methoxy groups -OCH3 is 1. The molecule has 0 saturated carbocycles. The molecule has 0 fully saturated rings.